The van der Waals surface area contributed by atoms with E-state index in [1.165, 1.54) is 27.8 Å². The van der Waals surface area contributed by atoms with Crippen molar-refractivity contribution in [1.82, 2.24) is 0 Å². The number of hydrogen-bond acceptors (Lipinski definition) is 0. The molecule has 0 saturated heterocycles. The van der Waals surface area contributed by atoms with Crippen LogP contribution in [0.2, 0.25) is 0 Å². The second-order valence-corrected chi connectivity index (χ2v) is 7.11. The average molecular weight is 333 g/mol. The second-order valence-electron chi connectivity index (χ2n) is 7.11. The third kappa shape index (κ3) is 1.78. The Morgan fingerprint density at radius 3 is 1.62 bits per heavy atom. The summed E-state index contributed by atoms with van der Waals surface area (Å²) < 4.78 is 6.53. The molecule has 122 valence electrons. The lowest BCUT2D eigenvalue weighted by molar-refractivity contribution is 0.469. The molecule has 0 amide bonds. The van der Waals surface area contributed by atoms with Gasteiger partial charge in [0.25, 0.3) is 0 Å². The molecule has 1 heterocycles. The molecule has 0 atom stereocenters. The Hall–Kier alpha value is -3.19. The Morgan fingerprint density at radius 1 is 0.462 bits per heavy atom. The van der Waals surface area contributed by atoms with Gasteiger partial charge in [-0.3, -0.25) is 0 Å². The summed E-state index contributed by atoms with van der Waals surface area (Å²) >= 11 is 0. The number of rotatable bonds is 1. The normalized spacial score (nSPS) is 18.8. The Bertz CT molecular complexity index is 1100. The minimum Gasteiger partial charge on any atom is -0.211 e. The van der Waals surface area contributed by atoms with Crippen LogP contribution < -0.4 is 0 Å². The van der Waals surface area contributed by atoms with Crippen molar-refractivity contribution in [2.45, 2.75) is 11.8 Å². The molecular formula is C25H17O+. The fourth-order valence-corrected chi connectivity index (χ4v) is 4.71. The van der Waals surface area contributed by atoms with Gasteiger partial charge in [-0.05, 0) is 40.5 Å². The SMILES string of the molecule is c1ccc(-c2ccc3c([o+]2)C2c4ccccc4C3c3ccccc32)cc1. The van der Waals surface area contributed by atoms with Crippen molar-refractivity contribution in [3.63, 3.8) is 0 Å². The van der Waals surface area contributed by atoms with E-state index >= 15 is 0 Å². The molecule has 4 aromatic rings. The zero-order valence-corrected chi connectivity index (χ0v) is 14.2. The highest BCUT2D eigenvalue weighted by Crippen LogP contribution is 2.55. The summed E-state index contributed by atoms with van der Waals surface area (Å²) in [6.45, 7) is 0. The van der Waals surface area contributed by atoms with Gasteiger partial charge in [-0.25, -0.2) is 4.42 Å². The van der Waals surface area contributed by atoms with Crippen LogP contribution in [0, 0.1) is 0 Å². The first kappa shape index (κ1) is 14.0. The van der Waals surface area contributed by atoms with Gasteiger partial charge in [0.05, 0.1) is 11.1 Å². The minimum absolute atomic E-state index is 0.186. The maximum Gasteiger partial charge on any atom is 0.360 e. The predicted octanol–water partition coefficient (Wildman–Crippen LogP) is 6.21. The maximum atomic E-state index is 6.53. The molecule has 1 heteroatoms. The van der Waals surface area contributed by atoms with Gasteiger partial charge in [-0.15, -0.1) is 0 Å². The smallest absolute Gasteiger partial charge is 0.211 e. The Kier molecular flexibility index (Phi) is 2.78. The molecule has 0 radical (unpaired) electrons. The van der Waals surface area contributed by atoms with E-state index in [2.05, 4.69) is 84.9 Å². The summed E-state index contributed by atoms with van der Waals surface area (Å²) in [6.07, 6.45) is 0. The van der Waals surface area contributed by atoms with E-state index in [0.717, 1.165) is 17.1 Å². The lowest BCUT2D eigenvalue weighted by Crippen LogP contribution is -2.27. The van der Waals surface area contributed by atoms with Gasteiger partial charge in [0.2, 0.25) is 0 Å². The molecule has 3 aromatic carbocycles. The Balaban J connectivity index is 1.63. The van der Waals surface area contributed by atoms with Gasteiger partial charge in [-0.1, -0.05) is 66.7 Å². The number of hydrogen-bond donors (Lipinski definition) is 0. The van der Waals surface area contributed by atoms with E-state index in [1.807, 2.05) is 6.07 Å². The summed E-state index contributed by atoms with van der Waals surface area (Å²) in [5.74, 6) is 2.50. The van der Waals surface area contributed by atoms with Gasteiger partial charge < -0.3 is 0 Å². The zero-order valence-electron chi connectivity index (χ0n) is 14.2. The first-order valence-electron chi connectivity index (χ1n) is 9.12. The van der Waals surface area contributed by atoms with Gasteiger partial charge in [0, 0.05) is 12.0 Å². The van der Waals surface area contributed by atoms with Gasteiger partial charge in [0.1, 0.15) is 5.92 Å². The van der Waals surface area contributed by atoms with E-state index < -0.39 is 0 Å². The van der Waals surface area contributed by atoms with Crippen molar-refractivity contribution in [1.29, 1.82) is 0 Å². The van der Waals surface area contributed by atoms with Crippen LogP contribution in [0.1, 0.15) is 45.4 Å². The standard InChI is InChI=1S/C25H17O/c1-2-8-16(9-3-1)22-15-14-21-23-17-10-4-6-12-19(17)24(25(21)26-22)20-13-7-5-11-18(20)23/h1-15,23-24H/q+1. The van der Waals surface area contributed by atoms with Crippen molar-refractivity contribution in [2.24, 2.45) is 0 Å². The molecule has 2 bridgehead atoms. The molecule has 26 heavy (non-hydrogen) atoms. The quantitative estimate of drug-likeness (QED) is 0.325. The van der Waals surface area contributed by atoms with Crippen molar-refractivity contribution in [3.05, 3.63) is 125 Å². The van der Waals surface area contributed by atoms with Crippen molar-refractivity contribution >= 4 is 0 Å². The number of benzene rings is 3. The van der Waals surface area contributed by atoms with Crippen molar-refractivity contribution in [3.8, 4) is 11.3 Å². The van der Waals surface area contributed by atoms with E-state index in [-0.39, 0.29) is 11.8 Å². The summed E-state index contributed by atoms with van der Waals surface area (Å²) in [5, 5.41) is 0. The largest absolute Gasteiger partial charge is 0.360 e. The van der Waals surface area contributed by atoms with Crippen LogP contribution >= 0.6 is 0 Å². The third-order valence-corrected chi connectivity index (χ3v) is 5.79. The molecule has 0 spiro atoms. The van der Waals surface area contributed by atoms with E-state index in [4.69, 9.17) is 4.42 Å². The van der Waals surface area contributed by atoms with Crippen molar-refractivity contribution < 1.29 is 4.42 Å². The van der Waals surface area contributed by atoms with Crippen LogP contribution in [0.25, 0.3) is 11.3 Å². The minimum atomic E-state index is 0.186. The van der Waals surface area contributed by atoms with E-state index in [0.29, 0.717) is 0 Å². The van der Waals surface area contributed by atoms with Gasteiger partial charge in [-0.2, -0.15) is 0 Å². The van der Waals surface area contributed by atoms with Crippen LogP contribution in [0.5, 0.6) is 0 Å². The maximum absolute atomic E-state index is 6.53. The Morgan fingerprint density at radius 2 is 1.00 bits per heavy atom. The average Bonchev–Trinajstić information content (AvgIpc) is 2.73. The molecule has 0 saturated carbocycles. The second kappa shape index (κ2) is 5.15. The molecule has 1 nitrogen and oxygen atoms in total. The van der Waals surface area contributed by atoms with E-state index in [1.54, 1.807) is 0 Å². The lowest BCUT2D eigenvalue weighted by atomic mass is 9.63. The highest BCUT2D eigenvalue weighted by atomic mass is 16.3. The third-order valence-electron chi connectivity index (χ3n) is 5.79. The molecule has 7 rings (SSSR count). The predicted molar refractivity (Wildman–Crippen MR) is 103 cm³/mol. The van der Waals surface area contributed by atoms with Crippen LogP contribution in [-0.4, -0.2) is 0 Å². The summed E-state index contributed by atoms with van der Waals surface area (Å²) in [4.78, 5) is 0. The van der Waals surface area contributed by atoms with E-state index in [9.17, 15) is 0 Å². The van der Waals surface area contributed by atoms with Crippen LogP contribution in [-0.2, 0) is 0 Å². The summed E-state index contributed by atoms with van der Waals surface area (Å²) in [6, 6.07) is 32.4. The first-order chi connectivity index (χ1) is 12.9. The fraction of sp³-hybridized carbons (Fsp3) is 0.0800. The van der Waals surface area contributed by atoms with Crippen LogP contribution in [0.4, 0.5) is 0 Å². The molecule has 3 aliphatic carbocycles. The fourth-order valence-electron chi connectivity index (χ4n) is 4.71. The molecule has 0 aliphatic heterocycles. The van der Waals surface area contributed by atoms with Gasteiger partial charge in [0.15, 0.2) is 0 Å². The van der Waals surface area contributed by atoms with Crippen LogP contribution in [0.15, 0.2) is 95.4 Å². The molecule has 0 fully saturated rings. The summed E-state index contributed by atoms with van der Waals surface area (Å²) in [5.41, 5.74) is 8.05. The highest BCUT2D eigenvalue weighted by molar-refractivity contribution is 5.67. The van der Waals surface area contributed by atoms with Crippen molar-refractivity contribution in [2.75, 3.05) is 0 Å². The monoisotopic (exact) mass is 333 g/mol. The lowest BCUT2D eigenvalue weighted by Gasteiger charge is -2.36. The molecule has 0 N–H and O–H groups in total. The van der Waals surface area contributed by atoms with Crippen LogP contribution in [0.3, 0.4) is 0 Å². The topological polar surface area (TPSA) is 11.3 Å². The molecule has 1 aromatic heterocycles. The van der Waals surface area contributed by atoms with Gasteiger partial charge >= 0.3 is 11.5 Å². The highest BCUT2D eigenvalue weighted by Gasteiger charge is 2.48. The molecule has 3 aliphatic rings. The summed E-state index contributed by atoms with van der Waals surface area (Å²) in [7, 11) is 0. The molecule has 0 unspecified atom stereocenters. The molecular weight excluding hydrogens is 316 g/mol. The zero-order chi connectivity index (χ0) is 17.1. The Labute approximate surface area is 152 Å². The first-order valence-corrected chi connectivity index (χ1v) is 9.12.